The summed E-state index contributed by atoms with van der Waals surface area (Å²) in [6.45, 7) is 0. The minimum absolute atomic E-state index is 0.461. The van der Waals surface area contributed by atoms with Crippen molar-refractivity contribution in [2.24, 2.45) is 0 Å². The summed E-state index contributed by atoms with van der Waals surface area (Å²) in [6.07, 6.45) is 5.04. The molecule has 3 aromatic rings. The van der Waals surface area contributed by atoms with Gasteiger partial charge in [0.15, 0.2) is 0 Å². The average Bonchev–Trinajstić information content (AvgIpc) is 2.91. The third-order valence-electron chi connectivity index (χ3n) is 2.96. The second-order valence-electron chi connectivity index (χ2n) is 4.18. The number of nitrogens with one attached hydrogen (secondary N) is 1. The van der Waals surface area contributed by atoms with Crippen LogP contribution in [0.1, 0.15) is 17.5 Å². The summed E-state index contributed by atoms with van der Waals surface area (Å²) in [5.74, 6) is 0.774. The number of pyridine rings is 1. The number of fused-ring (bicyclic) bond motifs is 1. The fraction of sp³-hybridized carbons (Fsp3) is 0.143. The molecule has 18 heavy (non-hydrogen) atoms. The van der Waals surface area contributed by atoms with Crippen LogP contribution in [0, 0.1) is 0 Å². The lowest BCUT2D eigenvalue weighted by atomic mass is 10.0. The first kappa shape index (κ1) is 10.9. The molecule has 0 aliphatic rings. The number of H-pyrrole nitrogens is 1. The second-order valence-corrected chi connectivity index (χ2v) is 4.18. The predicted molar refractivity (Wildman–Crippen MR) is 69.0 cm³/mol. The fourth-order valence-electron chi connectivity index (χ4n) is 2.10. The Morgan fingerprint density at radius 1 is 1.11 bits per heavy atom. The quantitative estimate of drug-likeness (QED) is 0.736. The Bertz CT molecular complexity index is 644. The van der Waals surface area contributed by atoms with Crippen LogP contribution in [0.2, 0.25) is 0 Å². The normalized spacial score (nSPS) is 12.7. The summed E-state index contributed by atoms with van der Waals surface area (Å²) >= 11 is 0. The molecule has 1 atom stereocenters. The Morgan fingerprint density at radius 3 is 2.83 bits per heavy atom. The molecule has 2 N–H and O–H groups in total. The summed E-state index contributed by atoms with van der Waals surface area (Å²) in [7, 11) is 0. The van der Waals surface area contributed by atoms with Crippen molar-refractivity contribution in [3.63, 3.8) is 0 Å². The van der Waals surface area contributed by atoms with Crippen molar-refractivity contribution >= 4 is 10.9 Å². The Balaban J connectivity index is 1.98. The highest BCUT2D eigenvalue weighted by Crippen LogP contribution is 2.24. The number of rotatable bonds is 3. The summed E-state index contributed by atoms with van der Waals surface area (Å²) in [5.41, 5.74) is 1.68. The molecule has 1 aromatic carbocycles. The molecule has 0 saturated heterocycles. The smallest absolute Gasteiger partial charge is 0.108 e. The van der Waals surface area contributed by atoms with Crippen LogP contribution in [0.15, 0.2) is 48.9 Å². The standard InChI is InChI=1S/C14H13N3O/c18-12(9-13-15-7-8-16-13)11-5-1-3-10-4-2-6-17-14(10)11/h1-8,12,18H,9H2,(H,15,16). The van der Waals surface area contributed by atoms with Gasteiger partial charge in [0.25, 0.3) is 0 Å². The van der Waals surface area contributed by atoms with Gasteiger partial charge in [0.05, 0.1) is 11.6 Å². The van der Waals surface area contributed by atoms with Crippen molar-refractivity contribution in [2.45, 2.75) is 12.5 Å². The molecule has 0 spiro atoms. The van der Waals surface area contributed by atoms with Gasteiger partial charge in [0.2, 0.25) is 0 Å². The van der Waals surface area contributed by atoms with Crippen LogP contribution in [-0.2, 0) is 6.42 Å². The van der Waals surface area contributed by atoms with Crippen LogP contribution in [0.25, 0.3) is 10.9 Å². The minimum Gasteiger partial charge on any atom is -0.388 e. The highest BCUT2D eigenvalue weighted by atomic mass is 16.3. The number of aliphatic hydroxyl groups excluding tert-OH is 1. The number of hydrogen-bond donors (Lipinski definition) is 2. The van der Waals surface area contributed by atoms with E-state index in [9.17, 15) is 5.11 Å². The van der Waals surface area contributed by atoms with Crippen LogP contribution in [0.4, 0.5) is 0 Å². The van der Waals surface area contributed by atoms with Crippen molar-refractivity contribution in [3.05, 3.63) is 60.3 Å². The molecule has 2 heterocycles. The van der Waals surface area contributed by atoms with Gasteiger partial charge in [0.1, 0.15) is 5.82 Å². The third-order valence-corrected chi connectivity index (χ3v) is 2.96. The maximum Gasteiger partial charge on any atom is 0.108 e. The van der Waals surface area contributed by atoms with E-state index < -0.39 is 6.10 Å². The summed E-state index contributed by atoms with van der Waals surface area (Å²) < 4.78 is 0. The van der Waals surface area contributed by atoms with Gasteiger partial charge in [-0.2, -0.15) is 0 Å². The summed E-state index contributed by atoms with van der Waals surface area (Å²) in [5, 5.41) is 11.3. The first-order chi connectivity index (χ1) is 8.84. The van der Waals surface area contributed by atoms with Gasteiger partial charge in [-0.3, -0.25) is 4.98 Å². The largest absolute Gasteiger partial charge is 0.388 e. The van der Waals surface area contributed by atoms with Crippen LogP contribution >= 0.6 is 0 Å². The Kier molecular flexibility index (Phi) is 2.78. The van der Waals surface area contributed by atoms with E-state index >= 15 is 0 Å². The zero-order chi connectivity index (χ0) is 12.4. The van der Waals surface area contributed by atoms with Crippen LogP contribution in [-0.4, -0.2) is 20.1 Å². The third kappa shape index (κ3) is 1.98. The summed E-state index contributed by atoms with van der Waals surface area (Å²) in [6, 6.07) is 9.72. The van der Waals surface area contributed by atoms with E-state index in [1.54, 1.807) is 18.6 Å². The topological polar surface area (TPSA) is 61.8 Å². The lowest BCUT2D eigenvalue weighted by molar-refractivity contribution is 0.177. The molecule has 0 aliphatic heterocycles. The molecule has 0 saturated carbocycles. The average molecular weight is 239 g/mol. The SMILES string of the molecule is OC(Cc1ncc[nH]1)c1cccc2cccnc12. The molecular formula is C14H13N3O. The van der Waals surface area contributed by atoms with E-state index in [0.29, 0.717) is 6.42 Å². The molecule has 4 nitrogen and oxygen atoms in total. The van der Waals surface area contributed by atoms with E-state index in [1.807, 2.05) is 30.3 Å². The van der Waals surface area contributed by atoms with Gasteiger partial charge in [-0.05, 0) is 6.07 Å². The predicted octanol–water partition coefficient (Wildman–Crippen LogP) is 2.23. The number of benzene rings is 1. The maximum atomic E-state index is 10.3. The van der Waals surface area contributed by atoms with E-state index in [4.69, 9.17) is 0 Å². The molecule has 0 aliphatic carbocycles. The maximum absolute atomic E-state index is 10.3. The van der Waals surface area contributed by atoms with Crippen molar-refractivity contribution in [3.8, 4) is 0 Å². The van der Waals surface area contributed by atoms with Gasteiger partial charge in [-0.15, -0.1) is 0 Å². The van der Waals surface area contributed by atoms with Gasteiger partial charge in [0, 0.05) is 36.0 Å². The zero-order valence-corrected chi connectivity index (χ0v) is 9.74. The fourth-order valence-corrected chi connectivity index (χ4v) is 2.10. The molecule has 2 aromatic heterocycles. The van der Waals surface area contributed by atoms with Gasteiger partial charge >= 0.3 is 0 Å². The number of aromatic nitrogens is 3. The molecule has 0 radical (unpaired) electrons. The van der Waals surface area contributed by atoms with Crippen LogP contribution < -0.4 is 0 Å². The monoisotopic (exact) mass is 239 g/mol. The Hall–Kier alpha value is -2.20. The molecule has 0 amide bonds. The highest BCUT2D eigenvalue weighted by Gasteiger charge is 2.13. The first-order valence-electron chi connectivity index (χ1n) is 5.84. The van der Waals surface area contributed by atoms with E-state index in [-0.39, 0.29) is 0 Å². The lowest BCUT2D eigenvalue weighted by Crippen LogP contribution is -2.04. The molecular weight excluding hydrogens is 226 g/mol. The van der Waals surface area contributed by atoms with Crippen molar-refractivity contribution in [1.82, 2.24) is 15.0 Å². The number of imidazole rings is 1. The zero-order valence-electron chi connectivity index (χ0n) is 9.74. The Labute approximate surface area is 104 Å². The summed E-state index contributed by atoms with van der Waals surface area (Å²) in [4.78, 5) is 11.5. The van der Waals surface area contributed by atoms with Crippen molar-refractivity contribution in [2.75, 3.05) is 0 Å². The number of aliphatic hydroxyl groups is 1. The molecule has 3 rings (SSSR count). The van der Waals surface area contributed by atoms with E-state index in [1.165, 1.54) is 0 Å². The lowest BCUT2D eigenvalue weighted by Gasteiger charge is -2.11. The van der Waals surface area contributed by atoms with Crippen molar-refractivity contribution < 1.29 is 5.11 Å². The Morgan fingerprint density at radius 2 is 2.00 bits per heavy atom. The van der Waals surface area contributed by atoms with Crippen LogP contribution in [0.3, 0.4) is 0 Å². The number of nitrogens with zero attached hydrogens (tertiary/aromatic N) is 2. The molecule has 0 bridgehead atoms. The van der Waals surface area contributed by atoms with Crippen molar-refractivity contribution in [1.29, 1.82) is 0 Å². The minimum atomic E-state index is -0.602. The second kappa shape index (κ2) is 4.58. The van der Waals surface area contributed by atoms with Crippen LogP contribution in [0.5, 0.6) is 0 Å². The van der Waals surface area contributed by atoms with E-state index in [0.717, 1.165) is 22.3 Å². The van der Waals surface area contributed by atoms with Gasteiger partial charge in [-0.1, -0.05) is 24.3 Å². The molecule has 0 fully saturated rings. The molecule has 90 valence electrons. The van der Waals surface area contributed by atoms with Gasteiger partial charge in [-0.25, -0.2) is 4.98 Å². The number of aromatic amines is 1. The first-order valence-corrected chi connectivity index (χ1v) is 5.84. The number of para-hydroxylation sites is 1. The number of hydrogen-bond acceptors (Lipinski definition) is 3. The molecule has 4 heteroatoms. The van der Waals surface area contributed by atoms with Gasteiger partial charge < -0.3 is 10.1 Å². The highest BCUT2D eigenvalue weighted by molar-refractivity contribution is 5.81. The molecule has 1 unspecified atom stereocenters. The van der Waals surface area contributed by atoms with E-state index in [2.05, 4.69) is 15.0 Å².